The van der Waals surface area contributed by atoms with Crippen LogP contribution in [0, 0.1) is 5.82 Å². The van der Waals surface area contributed by atoms with Crippen molar-refractivity contribution in [2.24, 2.45) is 17.2 Å². The fourth-order valence-corrected chi connectivity index (χ4v) is 10.3. The molecule has 15 atom stereocenters. The van der Waals surface area contributed by atoms with E-state index in [9.17, 15) is 55.2 Å². The summed E-state index contributed by atoms with van der Waals surface area (Å²) in [7, 11) is 0. The highest BCUT2D eigenvalue weighted by Gasteiger charge is 2.52. The van der Waals surface area contributed by atoms with Crippen LogP contribution in [0.2, 0.25) is 0 Å². The molecule has 4 aromatic rings. The predicted octanol–water partition coefficient (Wildman–Crippen LogP) is -4.05. The Balaban J connectivity index is 0.779. The van der Waals surface area contributed by atoms with E-state index in [0.717, 1.165) is 24.0 Å². The quantitative estimate of drug-likeness (QED) is 0.0479. The molecule has 3 aliphatic heterocycles. The van der Waals surface area contributed by atoms with Gasteiger partial charge in [0.2, 0.25) is 11.3 Å². The lowest BCUT2D eigenvalue weighted by atomic mass is 9.83. The van der Waals surface area contributed by atoms with Gasteiger partial charge in [-0.25, -0.2) is 13.9 Å². The van der Waals surface area contributed by atoms with Crippen LogP contribution in [0.4, 0.5) is 10.1 Å². The Morgan fingerprint density at radius 2 is 1.49 bits per heavy atom. The number of pyridine rings is 1. The van der Waals surface area contributed by atoms with E-state index in [0.29, 0.717) is 56.2 Å². The van der Waals surface area contributed by atoms with Gasteiger partial charge in [-0.3, -0.25) is 14.5 Å². The minimum atomic E-state index is -1.78. The molecule has 2 aliphatic carbocycles. The standard InChI is InChI=1S/C48H65FN10O15/c49-28-13-26-31(59(25-6-7-25)20-27(37(26)62)46(69)70)15-32(28)57-11-9-56(10-12-57)17-22-1-3-23(4-2-22)18-58-19-24(54-55-58)5-8-35(61)53-30-14-29(51)44(73-48-42(67)41(66)39(64)33(16-50)71-48)43(68)45(30)74-47-40(65)36(52)38(63)34(21-60)72-47/h1-4,13,15,19-20,25,29-30,33-34,36,38-45,47-48,60,63-68H,5-12,14,16-18,21,50-52H2,(H,53,61)(H,69,70). The first-order valence-electron chi connectivity index (χ1n) is 24.8. The van der Waals surface area contributed by atoms with Gasteiger partial charge in [0.15, 0.2) is 12.6 Å². The number of nitrogens with zero attached hydrogens (tertiary/aromatic N) is 6. The third-order valence-corrected chi connectivity index (χ3v) is 14.7. The summed E-state index contributed by atoms with van der Waals surface area (Å²) in [6, 6.07) is 7.53. The molecule has 2 aromatic carbocycles. The average Bonchev–Trinajstić information content (AvgIpc) is 4.14. The molecule has 9 rings (SSSR count). The second-order valence-electron chi connectivity index (χ2n) is 19.9. The molecule has 74 heavy (non-hydrogen) atoms. The van der Waals surface area contributed by atoms with Crippen molar-refractivity contribution in [2.75, 3.05) is 44.2 Å². The summed E-state index contributed by atoms with van der Waals surface area (Å²) in [4.78, 5) is 42.5. The molecule has 0 spiro atoms. The summed E-state index contributed by atoms with van der Waals surface area (Å²) < 4.78 is 42.2. The van der Waals surface area contributed by atoms with E-state index < -0.39 is 121 Å². The van der Waals surface area contributed by atoms with Crippen LogP contribution in [-0.4, -0.2) is 208 Å². The zero-order valence-electron chi connectivity index (χ0n) is 40.3. The maximum absolute atomic E-state index is 15.6. The Kier molecular flexibility index (Phi) is 16.4. The van der Waals surface area contributed by atoms with E-state index in [1.54, 1.807) is 21.5 Å². The average molecular weight is 1040 g/mol. The first-order valence-corrected chi connectivity index (χ1v) is 24.8. The lowest BCUT2D eigenvalue weighted by molar-refractivity contribution is -0.332. The number of aliphatic hydroxyl groups excluding tert-OH is 7. The fourth-order valence-electron chi connectivity index (χ4n) is 10.3. The number of benzene rings is 2. The number of aryl methyl sites for hydroxylation is 1. The highest BCUT2D eigenvalue weighted by Crippen LogP contribution is 2.39. The third-order valence-electron chi connectivity index (χ3n) is 14.7. The fraction of sp³-hybridized carbons (Fsp3) is 0.604. The number of nitrogens with two attached hydrogens (primary N) is 3. The normalized spacial score (nSPS) is 33.0. The second kappa shape index (κ2) is 22.6. The summed E-state index contributed by atoms with van der Waals surface area (Å²) in [5.74, 6) is -2.39. The van der Waals surface area contributed by atoms with Crippen molar-refractivity contribution in [2.45, 2.75) is 143 Å². The van der Waals surface area contributed by atoms with Crippen LogP contribution in [0.5, 0.6) is 0 Å². The molecule has 15 unspecified atom stereocenters. The topological polar surface area (TPSA) is 382 Å². The number of nitrogens with one attached hydrogen (secondary N) is 1. The maximum atomic E-state index is 15.6. The highest BCUT2D eigenvalue weighted by atomic mass is 19.1. The maximum Gasteiger partial charge on any atom is 0.341 e. The number of hydrogen-bond acceptors (Lipinski definition) is 21. The molecule has 0 radical (unpaired) electrons. The van der Waals surface area contributed by atoms with E-state index >= 15 is 4.39 Å². The van der Waals surface area contributed by atoms with Gasteiger partial charge in [0.05, 0.1) is 42.1 Å². The van der Waals surface area contributed by atoms with Gasteiger partial charge in [0, 0.05) is 82.0 Å². The molecule has 5 heterocycles. The summed E-state index contributed by atoms with van der Waals surface area (Å²) >= 11 is 0. The van der Waals surface area contributed by atoms with Crippen molar-refractivity contribution in [3.63, 3.8) is 0 Å². The highest BCUT2D eigenvalue weighted by molar-refractivity contribution is 5.93. The van der Waals surface area contributed by atoms with Crippen molar-refractivity contribution in [3.8, 4) is 0 Å². The predicted molar refractivity (Wildman–Crippen MR) is 257 cm³/mol. The number of hydrogen-bond donors (Lipinski definition) is 12. The molecule has 0 bridgehead atoms. The monoisotopic (exact) mass is 1040 g/mol. The van der Waals surface area contributed by atoms with Gasteiger partial charge in [-0.2, -0.15) is 0 Å². The van der Waals surface area contributed by atoms with Crippen LogP contribution >= 0.6 is 0 Å². The summed E-state index contributed by atoms with van der Waals surface area (Å²) in [6.07, 6.45) is -13.5. The lowest BCUT2D eigenvalue weighted by Crippen LogP contribution is -2.69. The zero-order valence-corrected chi connectivity index (χ0v) is 40.3. The lowest BCUT2D eigenvalue weighted by Gasteiger charge is -2.48. The van der Waals surface area contributed by atoms with Gasteiger partial charge in [-0.05, 0) is 42.5 Å². The zero-order chi connectivity index (χ0) is 52.7. The van der Waals surface area contributed by atoms with Gasteiger partial charge >= 0.3 is 5.97 Å². The number of piperazine rings is 1. The minimum absolute atomic E-state index is 0.0626. The minimum Gasteiger partial charge on any atom is -0.477 e. The van der Waals surface area contributed by atoms with Crippen molar-refractivity contribution in [1.82, 2.24) is 29.8 Å². The Morgan fingerprint density at radius 3 is 2.15 bits per heavy atom. The van der Waals surface area contributed by atoms with Gasteiger partial charge in [-0.15, -0.1) is 5.10 Å². The SMILES string of the molecule is NCC1OC(OC2C(N)CC(NC(=O)CCc3cn(Cc4ccc(CN5CCN(c6cc7c(cc6F)c(=O)c(C(=O)O)cn7C6CC6)CC5)cc4)nn3)C(OC3OC(CO)C(O)C(N)C3O)C2O)C(O)C(O)C1O. The number of carboxylic acid groups (broad SMARTS) is 1. The number of carboxylic acids is 1. The smallest absolute Gasteiger partial charge is 0.341 e. The van der Waals surface area contributed by atoms with Crippen molar-refractivity contribution in [1.29, 1.82) is 0 Å². The van der Waals surface area contributed by atoms with E-state index in [-0.39, 0.29) is 42.8 Å². The summed E-state index contributed by atoms with van der Waals surface area (Å²) in [5, 5.41) is 95.2. The molecular formula is C48H65FN10O15. The Labute approximate surface area is 422 Å². The summed E-state index contributed by atoms with van der Waals surface area (Å²) in [5.41, 5.74) is 20.6. The molecule has 5 aliphatic rings. The number of amides is 1. The largest absolute Gasteiger partial charge is 0.477 e. The van der Waals surface area contributed by atoms with Crippen LogP contribution in [0.15, 0.2) is 53.6 Å². The number of aromatic nitrogens is 4. The van der Waals surface area contributed by atoms with Gasteiger partial charge < -0.3 is 91.8 Å². The van der Waals surface area contributed by atoms with E-state index in [2.05, 4.69) is 20.5 Å². The Bertz CT molecular complexity index is 2670. The number of aromatic carboxylic acids is 1. The Hall–Kier alpha value is -5.14. The molecule has 25 nitrogen and oxygen atoms in total. The first-order chi connectivity index (χ1) is 35.4. The number of halogens is 1. The molecule has 26 heteroatoms. The summed E-state index contributed by atoms with van der Waals surface area (Å²) in [6.45, 7) is 2.56. The first kappa shape index (κ1) is 53.7. The molecule has 5 fully saturated rings. The van der Waals surface area contributed by atoms with Crippen molar-refractivity contribution < 1.29 is 73.8 Å². The van der Waals surface area contributed by atoms with Crippen LogP contribution in [0.3, 0.4) is 0 Å². The molecular weight excluding hydrogens is 976 g/mol. The number of carbonyl (C=O) groups is 2. The van der Waals surface area contributed by atoms with E-state index in [4.69, 9.17) is 36.1 Å². The number of carbonyl (C=O) groups excluding carboxylic acids is 1. The van der Waals surface area contributed by atoms with E-state index in [1.807, 2.05) is 29.2 Å². The van der Waals surface area contributed by atoms with Gasteiger partial charge in [0.1, 0.15) is 72.4 Å². The van der Waals surface area contributed by atoms with Crippen molar-refractivity contribution in [3.05, 3.63) is 87.2 Å². The number of rotatable bonds is 17. The van der Waals surface area contributed by atoms with Crippen LogP contribution < -0.4 is 32.8 Å². The Morgan fingerprint density at radius 1 is 0.824 bits per heavy atom. The molecule has 1 amide bonds. The molecule has 15 N–H and O–H groups in total. The van der Waals surface area contributed by atoms with Crippen LogP contribution in [0.25, 0.3) is 10.9 Å². The molecule has 404 valence electrons. The van der Waals surface area contributed by atoms with Gasteiger partial charge in [-0.1, -0.05) is 29.5 Å². The van der Waals surface area contributed by atoms with Crippen LogP contribution in [-0.2, 0) is 43.3 Å². The molecule has 2 aromatic heterocycles. The van der Waals surface area contributed by atoms with Crippen LogP contribution in [0.1, 0.15) is 58.9 Å². The number of aliphatic hydroxyl groups is 7. The van der Waals surface area contributed by atoms with E-state index in [1.165, 1.54) is 12.3 Å². The third kappa shape index (κ3) is 11.3. The number of fused-ring (bicyclic) bond motifs is 1. The number of anilines is 1. The molecule has 2 saturated carbocycles. The number of ether oxygens (including phenoxy) is 4. The van der Waals surface area contributed by atoms with Gasteiger partial charge in [0.25, 0.3) is 0 Å². The second-order valence-corrected chi connectivity index (χ2v) is 19.9. The molecule has 3 saturated heterocycles. The van der Waals surface area contributed by atoms with Crippen molar-refractivity contribution >= 4 is 28.5 Å².